The molecule has 2 atom stereocenters. The summed E-state index contributed by atoms with van der Waals surface area (Å²) in [7, 11) is 1.42. The van der Waals surface area contributed by atoms with Gasteiger partial charge in [0, 0.05) is 32.0 Å². The van der Waals surface area contributed by atoms with Crippen LogP contribution < -0.4 is 5.32 Å². The first-order chi connectivity index (χ1) is 15.4. The molecule has 0 bridgehead atoms. The molecular formula is C24H27ClF6N2O. The van der Waals surface area contributed by atoms with Gasteiger partial charge in [-0.3, -0.25) is 4.79 Å². The number of amides is 1. The summed E-state index contributed by atoms with van der Waals surface area (Å²) in [6, 6.07) is 9.23. The van der Waals surface area contributed by atoms with Crippen LogP contribution in [0.4, 0.5) is 26.3 Å². The lowest BCUT2D eigenvalue weighted by atomic mass is 9.78. The van der Waals surface area contributed by atoms with Crippen LogP contribution in [0.1, 0.15) is 47.1 Å². The molecule has 0 aliphatic carbocycles. The Bertz CT molecular complexity index is 960. The van der Waals surface area contributed by atoms with Crippen molar-refractivity contribution >= 4 is 18.3 Å². The molecule has 1 fully saturated rings. The predicted molar refractivity (Wildman–Crippen MR) is 120 cm³/mol. The van der Waals surface area contributed by atoms with Gasteiger partial charge in [0.1, 0.15) is 0 Å². The van der Waals surface area contributed by atoms with Crippen molar-refractivity contribution in [2.75, 3.05) is 20.1 Å². The van der Waals surface area contributed by atoms with E-state index in [9.17, 15) is 31.1 Å². The molecule has 0 saturated carbocycles. The molecule has 2 aromatic carbocycles. The van der Waals surface area contributed by atoms with Gasteiger partial charge in [-0.25, -0.2) is 0 Å². The van der Waals surface area contributed by atoms with Crippen LogP contribution in [0.5, 0.6) is 0 Å². The average Bonchev–Trinajstić information content (AvgIpc) is 2.77. The normalized spacial score (nSPS) is 18.8. The summed E-state index contributed by atoms with van der Waals surface area (Å²) in [6.45, 7) is 2.85. The zero-order chi connectivity index (χ0) is 24.4. The van der Waals surface area contributed by atoms with E-state index in [2.05, 4.69) is 5.32 Å². The molecule has 2 aromatic rings. The maximum Gasteiger partial charge on any atom is 0.416 e. The summed E-state index contributed by atoms with van der Waals surface area (Å²) < 4.78 is 79.1. The fraction of sp³-hybridized carbons (Fsp3) is 0.458. The van der Waals surface area contributed by atoms with Crippen molar-refractivity contribution in [3.05, 3.63) is 70.3 Å². The maximum atomic E-state index is 13.3. The van der Waals surface area contributed by atoms with Crippen LogP contribution in [0, 0.1) is 5.92 Å². The zero-order valence-corrected chi connectivity index (χ0v) is 19.6. The summed E-state index contributed by atoms with van der Waals surface area (Å²) >= 11 is 0. The fourth-order valence-corrected chi connectivity index (χ4v) is 4.44. The third-order valence-corrected chi connectivity index (χ3v) is 6.08. The Morgan fingerprint density at radius 2 is 1.62 bits per heavy atom. The molecule has 1 heterocycles. The number of aryl methyl sites for hydroxylation is 1. The molecule has 0 spiro atoms. The quantitative estimate of drug-likeness (QED) is 0.498. The van der Waals surface area contributed by atoms with Gasteiger partial charge in [-0.1, -0.05) is 31.2 Å². The SMILES string of the molecule is CCc1ccccc1[C@@H]1CNCC[C@H]1C(=O)N(C)Cc1cc(C(F)(F)F)cc(C(F)(F)F)c1.Cl. The fourth-order valence-electron chi connectivity index (χ4n) is 4.44. The third-order valence-electron chi connectivity index (χ3n) is 6.08. The van der Waals surface area contributed by atoms with Gasteiger partial charge >= 0.3 is 12.4 Å². The highest BCUT2D eigenvalue weighted by Crippen LogP contribution is 2.37. The number of piperidine rings is 1. The van der Waals surface area contributed by atoms with Crippen LogP contribution in [0.15, 0.2) is 42.5 Å². The molecule has 3 rings (SSSR count). The van der Waals surface area contributed by atoms with Gasteiger partial charge in [-0.2, -0.15) is 26.3 Å². The van der Waals surface area contributed by atoms with Crippen LogP contribution in [0.25, 0.3) is 0 Å². The number of alkyl halides is 6. The number of halogens is 7. The van der Waals surface area contributed by atoms with E-state index in [1.807, 2.05) is 31.2 Å². The molecule has 0 aromatic heterocycles. The van der Waals surface area contributed by atoms with E-state index >= 15 is 0 Å². The highest BCUT2D eigenvalue weighted by atomic mass is 35.5. The van der Waals surface area contributed by atoms with E-state index in [-0.39, 0.29) is 42.4 Å². The van der Waals surface area contributed by atoms with Crippen molar-refractivity contribution in [2.24, 2.45) is 5.92 Å². The first kappa shape index (κ1) is 28.0. The first-order valence-corrected chi connectivity index (χ1v) is 10.7. The van der Waals surface area contributed by atoms with Crippen molar-refractivity contribution < 1.29 is 31.1 Å². The number of benzene rings is 2. The molecule has 1 N–H and O–H groups in total. The second-order valence-corrected chi connectivity index (χ2v) is 8.37. The van der Waals surface area contributed by atoms with Crippen LogP contribution >= 0.6 is 12.4 Å². The van der Waals surface area contributed by atoms with Crippen LogP contribution in [0.3, 0.4) is 0 Å². The number of nitrogens with zero attached hydrogens (tertiary/aromatic N) is 1. The van der Waals surface area contributed by atoms with Crippen molar-refractivity contribution in [3.63, 3.8) is 0 Å². The summed E-state index contributed by atoms with van der Waals surface area (Å²) in [5.74, 6) is -0.840. The molecule has 34 heavy (non-hydrogen) atoms. The second kappa shape index (κ2) is 11.0. The Hall–Kier alpha value is -2.26. The summed E-state index contributed by atoms with van der Waals surface area (Å²) in [6.07, 6.45) is -8.54. The molecule has 1 aliphatic heterocycles. The van der Waals surface area contributed by atoms with E-state index < -0.39 is 29.4 Å². The second-order valence-electron chi connectivity index (χ2n) is 8.37. The van der Waals surface area contributed by atoms with Gasteiger partial charge in [-0.15, -0.1) is 12.4 Å². The minimum absolute atomic E-state index is 0. The third kappa shape index (κ3) is 6.44. The van der Waals surface area contributed by atoms with Gasteiger partial charge in [0.2, 0.25) is 5.91 Å². The lowest BCUT2D eigenvalue weighted by molar-refractivity contribution is -0.143. The molecular weight excluding hydrogens is 482 g/mol. The van der Waals surface area contributed by atoms with E-state index in [1.54, 1.807) is 0 Å². The van der Waals surface area contributed by atoms with E-state index in [4.69, 9.17) is 0 Å². The topological polar surface area (TPSA) is 32.3 Å². The van der Waals surface area contributed by atoms with E-state index in [0.29, 0.717) is 31.6 Å². The van der Waals surface area contributed by atoms with Gasteiger partial charge in [0.15, 0.2) is 0 Å². The van der Waals surface area contributed by atoms with Gasteiger partial charge in [-0.05, 0) is 54.3 Å². The minimum Gasteiger partial charge on any atom is -0.341 e. The average molecular weight is 509 g/mol. The van der Waals surface area contributed by atoms with Crippen molar-refractivity contribution in [2.45, 2.75) is 44.6 Å². The lowest BCUT2D eigenvalue weighted by Crippen LogP contribution is -2.44. The summed E-state index contributed by atoms with van der Waals surface area (Å²) in [5, 5.41) is 3.29. The molecule has 0 unspecified atom stereocenters. The summed E-state index contributed by atoms with van der Waals surface area (Å²) in [4.78, 5) is 14.5. The van der Waals surface area contributed by atoms with Crippen molar-refractivity contribution in [3.8, 4) is 0 Å². The number of carbonyl (C=O) groups excluding carboxylic acids is 1. The van der Waals surface area contributed by atoms with Gasteiger partial charge in [0.05, 0.1) is 11.1 Å². The molecule has 1 saturated heterocycles. The standard InChI is InChI=1S/C24H26F6N2O.ClH/c1-3-16-6-4-5-7-19(16)21-13-31-9-8-20(21)22(33)32(2)14-15-10-17(23(25,26)27)12-18(11-15)24(28,29)30;/h4-7,10-12,20-21,31H,3,8-9,13-14H2,1-2H3;1H/t20-,21+;/m1./s1. The molecule has 188 valence electrons. The molecule has 3 nitrogen and oxygen atoms in total. The Morgan fingerprint density at radius 3 is 2.18 bits per heavy atom. The number of hydrogen-bond donors (Lipinski definition) is 1. The molecule has 1 amide bonds. The monoisotopic (exact) mass is 508 g/mol. The number of nitrogens with one attached hydrogen (secondary N) is 1. The molecule has 0 radical (unpaired) electrons. The van der Waals surface area contributed by atoms with Crippen LogP contribution in [-0.4, -0.2) is 30.9 Å². The van der Waals surface area contributed by atoms with Gasteiger partial charge < -0.3 is 10.2 Å². The predicted octanol–water partition coefficient (Wildman–Crippen LogP) is 6.06. The number of rotatable bonds is 5. The minimum atomic E-state index is -4.93. The Morgan fingerprint density at radius 1 is 1.03 bits per heavy atom. The maximum absolute atomic E-state index is 13.3. The molecule has 10 heteroatoms. The van der Waals surface area contributed by atoms with Crippen LogP contribution in [0.2, 0.25) is 0 Å². The van der Waals surface area contributed by atoms with E-state index in [1.165, 1.54) is 11.9 Å². The zero-order valence-electron chi connectivity index (χ0n) is 18.8. The smallest absolute Gasteiger partial charge is 0.341 e. The van der Waals surface area contributed by atoms with Crippen molar-refractivity contribution in [1.29, 1.82) is 0 Å². The number of carbonyl (C=O) groups is 1. The Balaban J connectivity index is 0.00000408. The molecule has 1 aliphatic rings. The Kier molecular flexibility index (Phi) is 9.04. The Labute approximate surface area is 200 Å². The largest absolute Gasteiger partial charge is 0.416 e. The highest BCUT2D eigenvalue weighted by molar-refractivity contribution is 5.85. The van der Waals surface area contributed by atoms with E-state index in [0.717, 1.165) is 17.5 Å². The number of hydrogen-bond acceptors (Lipinski definition) is 2. The highest BCUT2D eigenvalue weighted by Gasteiger charge is 2.38. The van der Waals surface area contributed by atoms with Crippen LogP contribution in [-0.2, 0) is 30.1 Å². The van der Waals surface area contributed by atoms with Crippen molar-refractivity contribution in [1.82, 2.24) is 10.2 Å². The first-order valence-electron chi connectivity index (χ1n) is 10.7. The lowest BCUT2D eigenvalue weighted by Gasteiger charge is -2.35. The van der Waals surface area contributed by atoms with Gasteiger partial charge in [0.25, 0.3) is 0 Å². The summed E-state index contributed by atoms with van der Waals surface area (Å²) in [5.41, 5.74) is -0.834.